The Morgan fingerprint density at radius 2 is 1.94 bits per heavy atom. The number of benzene rings is 1. The molecule has 0 heterocycles. The first-order valence-electron chi connectivity index (χ1n) is 5.64. The van der Waals surface area contributed by atoms with Gasteiger partial charge >= 0.3 is 0 Å². The van der Waals surface area contributed by atoms with Gasteiger partial charge in [-0.15, -0.1) is 0 Å². The zero-order valence-electron chi connectivity index (χ0n) is 9.47. The highest BCUT2D eigenvalue weighted by Crippen LogP contribution is 2.13. The third-order valence-corrected chi connectivity index (χ3v) is 2.60. The van der Waals surface area contributed by atoms with Crippen LogP contribution in [0.4, 0.5) is 0 Å². The number of hydrogen-bond donors (Lipinski definition) is 1. The van der Waals surface area contributed by atoms with Crippen LogP contribution in [0.2, 0.25) is 0 Å². The molecule has 2 rings (SSSR count). The number of phenols is 1. The lowest BCUT2D eigenvalue weighted by molar-refractivity contribution is -0.111. The van der Waals surface area contributed by atoms with Crippen molar-refractivity contribution in [3.63, 3.8) is 0 Å². The Kier molecular flexibility index (Phi) is 3.55. The van der Waals surface area contributed by atoms with Gasteiger partial charge in [-0.05, 0) is 36.6 Å². The lowest BCUT2D eigenvalue weighted by atomic mass is 10.0. The average molecular weight is 226 g/mol. The van der Waals surface area contributed by atoms with E-state index in [9.17, 15) is 4.79 Å². The zero-order valence-corrected chi connectivity index (χ0v) is 9.47. The molecule has 2 heteroatoms. The minimum Gasteiger partial charge on any atom is -0.508 e. The lowest BCUT2D eigenvalue weighted by Gasteiger charge is -2.02. The largest absolute Gasteiger partial charge is 0.508 e. The Hall–Kier alpha value is -2.09. The van der Waals surface area contributed by atoms with Gasteiger partial charge in [0.2, 0.25) is 0 Å². The van der Waals surface area contributed by atoms with E-state index < -0.39 is 0 Å². The molecule has 17 heavy (non-hydrogen) atoms. The van der Waals surface area contributed by atoms with Crippen molar-refractivity contribution in [2.24, 2.45) is 0 Å². The molecule has 1 aromatic carbocycles. The number of ketones is 1. The van der Waals surface area contributed by atoms with E-state index in [0.29, 0.717) is 0 Å². The molecule has 0 unspecified atom stereocenters. The van der Waals surface area contributed by atoms with Gasteiger partial charge in [0.15, 0.2) is 5.78 Å². The van der Waals surface area contributed by atoms with Crippen molar-refractivity contribution in [2.75, 3.05) is 0 Å². The first kappa shape index (κ1) is 11.4. The fourth-order valence-corrected chi connectivity index (χ4v) is 1.65. The predicted molar refractivity (Wildman–Crippen MR) is 68.6 cm³/mol. The normalized spacial score (nSPS) is 14.9. The van der Waals surface area contributed by atoms with Crippen LogP contribution in [0.5, 0.6) is 5.75 Å². The summed E-state index contributed by atoms with van der Waals surface area (Å²) in [5, 5.41) is 9.13. The molecule has 0 bridgehead atoms. The predicted octanol–water partition coefficient (Wildman–Crippen LogP) is 3.25. The first-order chi connectivity index (χ1) is 8.25. The van der Waals surface area contributed by atoms with Crippen LogP contribution in [0.1, 0.15) is 18.4 Å². The molecule has 1 N–H and O–H groups in total. The molecule has 0 saturated heterocycles. The summed E-state index contributed by atoms with van der Waals surface area (Å²) in [5.41, 5.74) is 1.66. The van der Waals surface area contributed by atoms with Crippen LogP contribution >= 0.6 is 0 Å². The SMILES string of the molecule is O=C(/C=C/c1ccc(O)cc1)C1=CCCC=C1. The molecule has 1 aliphatic carbocycles. The monoisotopic (exact) mass is 226 g/mol. The van der Waals surface area contributed by atoms with Crippen molar-refractivity contribution in [1.29, 1.82) is 0 Å². The minimum absolute atomic E-state index is 0.0222. The van der Waals surface area contributed by atoms with Crippen molar-refractivity contribution in [3.05, 3.63) is 59.7 Å². The highest BCUT2D eigenvalue weighted by Gasteiger charge is 2.04. The number of hydrogen-bond acceptors (Lipinski definition) is 2. The zero-order chi connectivity index (χ0) is 12.1. The summed E-state index contributed by atoms with van der Waals surface area (Å²) in [7, 11) is 0. The quantitative estimate of drug-likeness (QED) is 0.803. The van der Waals surface area contributed by atoms with E-state index >= 15 is 0 Å². The van der Waals surface area contributed by atoms with E-state index in [1.165, 1.54) is 0 Å². The summed E-state index contributed by atoms with van der Waals surface area (Å²) in [6, 6.07) is 6.74. The first-order valence-corrected chi connectivity index (χ1v) is 5.64. The molecule has 0 amide bonds. The summed E-state index contributed by atoms with van der Waals surface area (Å²) in [6.45, 7) is 0. The maximum absolute atomic E-state index is 11.8. The Labute approximate surface area is 101 Å². The standard InChI is InChI=1S/C15H14O2/c16-14-9-6-12(7-10-14)8-11-15(17)13-4-2-1-3-5-13/h2,4-11,16H,1,3H2/b11-8+. The van der Waals surface area contributed by atoms with Crippen LogP contribution in [0.3, 0.4) is 0 Å². The molecule has 1 aliphatic rings. The summed E-state index contributed by atoms with van der Waals surface area (Å²) >= 11 is 0. The molecule has 0 atom stereocenters. The van der Waals surface area contributed by atoms with Gasteiger partial charge in [-0.25, -0.2) is 0 Å². The maximum atomic E-state index is 11.8. The van der Waals surface area contributed by atoms with Gasteiger partial charge in [0.05, 0.1) is 0 Å². The van der Waals surface area contributed by atoms with E-state index in [1.54, 1.807) is 36.4 Å². The van der Waals surface area contributed by atoms with Crippen molar-refractivity contribution < 1.29 is 9.90 Å². The Balaban J connectivity index is 2.05. The molecule has 0 aromatic heterocycles. The second-order valence-corrected chi connectivity index (χ2v) is 3.93. The van der Waals surface area contributed by atoms with Crippen molar-refractivity contribution in [1.82, 2.24) is 0 Å². The highest BCUT2D eigenvalue weighted by molar-refractivity contribution is 6.08. The smallest absolute Gasteiger partial charge is 0.185 e. The van der Waals surface area contributed by atoms with Crippen LogP contribution in [0.25, 0.3) is 6.08 Å². The molecule has 0 aliphatic heterocycles. The Bertz CT molecular complexity index is 490. The number of aromatic hydroxyl groups is 1. The number of rotatable bonds is 3. The van der Waals surface area contributed by atoms with Crippen molar-refractivity contribution >= 4 is 11.9 Å². The third-order valence-electron chi connectivity index (χ3n) is 2.60. The Morgan fingerprint density at radius 3 is 2.59 bits per heavy atom. The average Bonchev–Trinajstić information content (AvgIpc) is 2.39. The fourth-order valence-electron chi connectivity index (χ4n) is 1.65. The fraction of sp³-hybridized carbons (Fsp3) is 0.133. The summed E-state index contributed by atoms with van der Waals surface area (Å²) < 4.78 is 0. The summed E-state index contributed by atoms with van der Waals surface area (Å²) in [5.74, 6) is 0.250. The van der Waals surface area contributed by atoms with Crippen LogP contribution in [-0.2, 0) is 4.79 Å². The highest BCUT2D eigenvalue weighted by atomic mass is 16.3. The number of carbonyl (C=O) groups excluding carboxylic acids is 1. The molecular formula is C15H14O2. The molecule has 2 nitrogen and oxygen atoms in total. The van der Waals surface area contributed by atoms with Crippen LogP contribution in [0.15, 0.2) is 54.1 Å². The van der Waals surface area contributed by atoms with Gasteiger partial charge in [-0.3, -0.25) is 4.79 Å². The van der Waals surface area contributed by atoms with Gasteiger partial charge in [-0.2, -0.15) is 0 Å². The molecular weight excluding hydrogens is 212 g/mol. The molecule has 0 spiro atoms. The van der Waals surface area contributed by atoms with Gasteiger partial charge < -0.3 is 5.11 Å². The van der Waals surface area contributed by atoms with E-state index in [-0.39, 0.29) is 11.5 Å². The van der Waals surface area contributed by atoms with Gasteiger partial charge in [0.1, 0.15) is 5.75 Å². The lowest BCUT2D eigenvalue weighted by Crippen LogP contribution is -1.97. The molecule has 1 aromatic rings. The Morgan fingerprint density at radius 1 is 1.18 bits per heavy atom. The molecule has 0 saturated carbocycles. The van der Waals surface area contributed by atoms with Crippen LogP contribution in [-0.4, -0.2) is 10.9 Å². The molecule has 0 fully saturated rings. The van der Waals surface area contributed by atoms with Crippen LogP contribution in [0, 0.1) is 0 Å². The molecule has 0 radical (unpaired) electrons. The van der Waals surface area contributed by atoms with Crippen molar-refractivity contribution in [3.8, 4) is 5.75 Å². The van der Waals surface area contributed by atoms with E-state index in [1.807, 2.05) is 18.2 Å². The van der Waals surface area contributed by atoms with Gasteiger partial charge in [0, 0.05) is 5.57 Å². The maximum Gasteiger partial charge on any atom is 0.185 e. The summed E-state index contributed by atoms with van der Waals surface area (Å²) in [4.78, 5) is 11.8. The summed E-state index contributed by atoms with van der Waals surface area (Å²) in [6.07, 6.45) is 11.1. The van der Waals surface area contributed by atoms with Crippen LogP contribution < -0.4 is 0 Å². The third kappa shape index (κ3) is 3.18. The van der Waals surface area contributed by atoms with E-state index in [2.05, 4.69) is 0 Å². The number of phenolic OH excluding ortho intramolecular Hbond substituents is 1. The molecule has 86 valence electrons. The topological polar surface area (TPSA) is 37.3 Å². The van der Waals surface area contributed by atoms with Gasteiger partial charge in [-0.1, -0.05) is 36.4 Å². The number of allylic oxidation sites excluding steroid dienone is 5. The van der Waals surface area contributed by atoms with E-state index in [4.69, 9.17) is 5.11 Å². The number of carbonyl (C=O) groups is 1. The second kappa shape index (κ2) is 5.30. The minimum atomic E-state index is 0.0222. The van der Waals surface area contributed by atoms with Crippen molar-refractivity contribution in [2.45, 2.75) is 12.8 Å². The second-order valence-electron chi connectivity index (χ2n) is 3.93. The van der Waals surface area contributed by atoms with Gasteiger partial charge in [0.25, 0.3) is 0 Å². The van der Waals surface area contributed by atoms with E-state index in [0.717, 1.165) is 24.0 Å².